The van der Waals surface area contributed by atoms with Crippen LogP contribution in [0.4, 0.5) is 13.2 Å². The molecule has 222 valence electrons. The first kappa shape index (κ1) is 31.3. The zero-order chi connectivity index (χ0) is 30.2. The maximum absolute atomic E-state index is 14.2. The molecular formula is C29H29F3N4O4S2. The van der Waals surface area contributed by atoms with E-state index in [1.165, 1.54) is 29.7 Å². The number of benzene rings is 2. The van der Waals surface area contributed by atoms with Crippen LogP contribution in [0, 0.1) is 17.5 Å². The van der Waals surface area contributed by atoms with Crippen molar-refractivity contribution >= 4 is 34.5 Å². The molecule has 0 aliphatic rings. The van der Waals surface area contributed by atoms with Gasteiger partial charge in [0.15, 0.2) is 0 Å². The topological polar surface area (TPSA) is 124 Å². The predicted molar refractivity (Wildman–Crippen MR) is 154 cm³/mol. The fourth-order valence-electron chi connectivity index (χ4n) is 4.32. The average Bonchev–Trinajstić information content (AvgIpc) is 3.68. The number of hydrogen-bond acceptors (Lipinski definition) is 8. The van der Waals surface area contributed by atoms with E-state index in [1.54, 1.807) is 30.6 Å². The van der Waals surface area contributed by atoms with E-state index in [4.69, 9.17) is 0 Å². The summed E-state index contributed by atoms with van der Waals surface area (Å²) in [5.41, 5.74) is 0.665. The monoisotopic (exact) mass is 618 g/mol. The molecule has 0 aliphatic heterocycles. The van der Waals surface area contributed by atoms with Crippen LogP contribution < -0.4 is 10.6 Å². The summed E-state index contributed by atoms with van der Waals surface area (Å²) in [6.45, 7) is 1.14. The van der Waals surface area contributed by atoms with Crippen molar-refractivity contribution in [2.75, 3.05) is 6.61 Å². The molecule has 13 heteroatoms. The van der Waals surface area contributed by atoms with Crippen molar-refractivity contribution in [1.82, 2.24) is 20.6 Å². The van der Waals surface area contributed by atoms with Gasteiger partial charge in [0.1, 0.15) is 38.4 Å². The van der Waals surface area contributed by atoms with E-state index in [0.717, 1.165) is 40.1 Å². The molecule has 0 saturated carbocycles. The lowest BCUT2D eigenvalue weighted by Crippen LogP contribution is -2.51. The number of thiazole rings is 2. The molecule has 2 heterocycles. The van der Waals surface area contributed by atoms with Gasteiger partial charge in [-0.1, -0.05) is 12.1 Å². The van der Waals surface area contributed by atoms with Gasteiger partial charge in [0, 0.05) is 23.1 Å². The van der Waals surface area contributed by atoms with Gasteiger partial charge < -0.3 is 20.8 Å². The van der Waals surface area contributed by atoms with Gasteiger partial charge in [-0.3, -0.25) is 9.59 Å². The molecule has 2 aromatic carbocycles. The van der Waals surface area contributed by atoms with Crippen molar-refractivity contribution in [3.05, 3.63) is 93.1 Å². The first-order valence-electron chi connectivity index (χ1n) is 13.1. The number of hydrogen-bond donors (Lipinski definition) is 4. The number of aromatic nitrogens is 2. The van der Waals surface area contributed by atoms with Crippen molar-refractivity contribution in [3.8, 4) is 10.6 Å². The van der Waals surface area contributed by atoms with Gasteiger partial charge in [-0.2, -0.15) is 0 Å². The minimum Gasteiger partial charge on any atom is -0.394 e. The summed E-state index contributed by atoms with van der Waals surface area (Å²) in [6, 6.07) is 7.02. The lowest BCUT2D eigenvalue weighted by Gasteiger charge is -2.25. The highest BCUT2D eigenvalue weighted by atomic mass is 32.1. The number of amides is 2. The summed E-state index contributed by atoms with van der Waals surface area (Å²) >= 11 is 2.23. The van der Waals surface area contributed by atoms with E-state index in [1.807, 2.05) is 0 Å². The molecule has 2 unspecified atom stereocenters. The van der Waals surface area contributed by atoms with E-state index < -0.39 is 54.1 Å². The van der Waals surface area contributed by atoms with Crippen LogP contribution in [0.15, 0.2) is 60.2 Å². The lowest BCUT2D eigenvalue weighted by molar-refractivity contribution is -0.124. The Hall–Kier alpha value is -3.65. The molecule has 4 N–H and O–H groups in total. The number of halogens is 3. The molecule has 4 atom stereocenters. The second-order valence-corrected chi connectivity index (χ2v) is 11.7. The third-order valence-corrected chi connectivity index (χ3v) is 8.41. The Morgan fingerprint density at radius 3 is 2.40 bits per heavy atom. The Morgan fingerprint density at radius 2 is 1.74 bits per heavy atom. The van der Waals surface area contributed by atoms with Crippen molar-refractivity contribution < 1.29 is 33.0 Å². The third kappa shape index (κ3) is 8.22. The van der Waals surface area contributed by atoms with E-state index in [-0.39, 0.29) is 40.6 Å². The van der Waals surface area contributed by atoms with E-state index in [2.05, 4.69) is 20.6 Å². The Kier molecular flexibility index (Phi) is 10.8. The summed E-state index contributed by atoms with van der Waals surface area (Å²) in [5, 5.41) is 28.0. The molecule has 0 bridgehead atoms. The Morgan fingerprint density at radius 1 is 1.00 bits per heavy atom. The summed E-state index contributed by atoms with van der Waals surface area (Å²) in [5.74, 6) is -3.33. The second kappa shape index (κ2) is 14.5. The van der Waals surface area contributed by atoms with Crippen LogP contribution in [0.2, 0.25) is 0 Å². The van der Waals surface area contributed by atoms with Crippen LogP contribution in [-0.4, -0.2) is 56.8 Å². The highest BCUT2D eigenvalue weighted by molar-refractivity contribution is 7.16. The molecule has 2 amide bonds. The average molecular weight is 619 g/mol. The minimum atomic E-state index is -1.08. The SMILES string of the molecule is CC(O)CC[C@H](NC(=O)c1cnc(-c2cc(F)ccc2F)s1)C(=O)N[C@H](CO)CC(c1ccc(F)cc1)c1nccs1. The zero-order valence-corrected chi connectivity index (χ0v) is 24.1. The molecular weight excluding hydrogens is 589 g/mol. The van der Waals surface area contributed by atoms with Crippen molar-refractivity contribution in [3.63, 3.8) is 0 Å². The fraction of sp³-hybridized carbons (Fsp3) is 0.310. The van der Waals surface area contributed by atoms with Crippen LogP contribution >= 0.6 is 22.7 Å². The number of carbonyl (C=O) groups excluding carboxylic acids is 2. The fourth-order valence-corrected chi connectivity index (χ4v) is 5.93. The Balaban J connectivity index is 1.49. The highest BCUT2D eigenvalue weighted by Gasteiger charge is 2.28. The maximum atomic E-state index is 14.2. The standard InChI is InChI=1S/C29H29F3N4O4S2/c1-16(38)2-9-24(36-27(40)25-14-34-29(42-25)22-12-19(31)7-8-23(22)32)26(39)35-20(15-37)13-21(28-33-10-11-41-28)17-3-5-18(30)6-4-17/h3-8,10-12,14,16,20-21,24,37-38H,2,9,13,15H2,1H3,(H,35,39)(H,36,40)/t16?,20-,21?,24-/m0/s1. The molecule has 2 aromatic heterocycles. The van der Waals surface area contributed by atoms with Crippen molar-refractivity contribution in [1.29, 1.82) is 0 Å². The molecule has 8 nitrogen and oxygen atoms in total. The van der Waals surface area contributed by atoms with Gasteiger partial charge in [0.2, 0.25) is 5.91 Å². The van der Waals surface area contributed by atoms with Crippen LogP contribution in [0.3, 0.4) is 0 Å². The largest absolute Gasteiger partial charge is 0.394 e. The van der Waals surface area contributed by atoms with Gasteiger partial charge in [-0.05, 0) is 62.1 Å². The summed E-state index contributed by atoms with van der Waals surface area (Å²) in [4.78, 5) is 34.9. The van der Waals surface area contributed by atoms with Gasteiger partial charge in [-0.15, -0.1) is 22.7 Å². The van der Waals surface area contributed by atoms with Crippen LogP contribution in [-0.2, 0) is 4.79 Å². The number of aliphatic hydroxyl groups is 2. The smallest absolute Gasteiger partial charge is 0.263 e. The Bertz CT molecular complexity index is 1480. The van der Waals surface area contributed by atoms with Gasteiger partial charge in [0.25, 0.3) is 5.91 Å². The molecule has 4 rings (SSSR count). The molecule has 0 fully saturated rings. The van der Waals surface area contributed by atoms with Crippen molar-refractivity contribution in [2.45, 2.75) is 50.3 Å². The van der Waals surface area contributed by atoms with Crippen LogP contribution in [0.25, 0.3) is 10.6 Å². The van der Waals surface area contributed by atoms with Gasteiger partial charge in [-0.25, -0.2) is 23.1 Å². The predicted octanol–water partition coefficient (Wildman–Crippen LogP) is 4.64. The summed E-state index contributed by atoms with van der Waals surface area (Å²) < 4.78 is 41.4. The van der Waals surface area contributed by atoms with E-state index >= 15 is 0 Å². The number of aliphatic hydroxyl groups excluding tert-OH is 2. The zero-order valence-electron chi connectivity index (χ0n) is 22.5. The first-order valence-corrected chi connectivity index (χ1v) is 14.8. The van der Waals surface area contributed by atoms with Crippen LogP contribution in [0.1, 0.15) is 52.3 Å². The number of nitrogens with zero attached hydrogens (tertiary/aromatic N) is 2. The maximum Gasteiger partial charge on any atom is 0.263 e. The van der Waals surface area contributed by atoms with E-state index in [9.17, 15) is 33.0 Å². The Labute approximate surface area is 248 Å². The molecule has 0 aliphatic carbocycles. The number of rotatable bonds is 13. The summed E-state index contributed by atoms with van der Waals surface area (Å²) in [6.07, 6.45) is 2.63. The van der Waals surface area contributed by atoms with Crippen LogP contribution in [0.5, 0.6) is 0 Å². The lowest BCUT2D eigenvalue weighted by atomic mass is 9.92. The van der Waals surface area contributed by atoms with Gasteiger partial charge >= 0.3 is 0 Å². The molecule has 4 aromatic rings. The number of nitrogens with one attached hydrogen (secondary N) is 2. The molecule has 0 radical (unpaired) electrons. The number of carbonyl (C=O) groups is 2. The molecule has 0 saturated heterocycles. The first-order chi connectivity index (χ1) is 20.1. The van der Waals surface area contributed by atoms with Gasteiger partial charge in [0.05, 0.1) is 24.9 Å². The second-order valence-electron chi connectivity index (χ2n) is 9.70. The van der Waals surface area contributed by atoms with Crippen molar-refractivity contribution in [2.24, 2.45) is 0 Å². The molecule has 42 heavy (non-hydrogen) atoms. The third-order valence-electron chi connectivity index (χ3n) is 6.49. The van der Waals surface area contributed by atoms with E-state index in [0.29, 0.717) is 0 Å². The summed E-state index contributed by atoms with van der Waals surface area (Å²) in [7, 11) is 0. The highest BCUT2D eigenvalue weighted by Crippen LogP contribution is 2.31. The quantitative estimate of drug-likeness (QED) is 0.173. The molecule has 0 spiro atoms. The minimum absolute atomic E-state index is 0.0716. The normalized spacial score (nSPS) is 14.1.